The smallest absolute Gasteiger partial charge is 0.110 e. The van der Waals surface area contributed by atoms with Gasteiger partial charge >= 0.3 is 0 Å². The first-order valence-corrected chi connectivity index (χ1v) is 6.61. The lowest BCUT2D eigenvalue weighted by molar-refractivity contribution is -0.0880. The number of benzene rings is 1. The molecular weight excluding hydrogens is 210 g/mol. The monoisotopic (exact) mass is 231 g/mol. The van der Waals surface area contributed by atoms with Crippen LogP contribution >= 0.6 is 0 Å². The van der Waals surface area contributed by atoms with Crippen molar-refractivity contribution in [3.63, 3.8) is 0 Å². The molecule has 1 aliphatic heterocycles. The second-order valence-electron chi connectivity index (χ2n) is 5.44. The van der Waals surface area contributed by atoms with Gasteiger partial charge in [-0.05, 0) is 49.8 Å². The van der Waals surface area contributed by atoms with E-state index in [0.717, 1.165) is 5.92 Å². The van der Waals surface area contributed by atoms with Gasteiger partial charge in [0.15, 0.2) is 0 Å². The number of rotatable bonds is 1. The Bertz CT molecular complexity index is 404. The van der Waals surface area contributed by atoms with Crippen molar-refractivity contribution >= 4 is 0 Å². The normalized spacial score (nSPS) is 32.9. The second kappa shape index (κ2) is 4.43. The summed E-state index contributed by atoms with van der Waals surface area (Å²) >= 11 is 0. The maximum Gasteiger partial charge on any atom is 0.110 e. The van der Waals surface area contributed by atoms with Gasteiger partial charge in [-0.2, -0.15) is 0 Å². The average molecular weight is 231 g/mol. The molecule has 1 saturated heterocycles. The summed E-state index contributed by atoms with van der Waals surface area (Å²) in [6, 6.07) is 9.59. The highest BCUT2D eigenvalue weighted by molar-refractivity contribution is 5.31. The molecule has 0 N–H and O–H groups in total. The molecule has 0 aromatic heterocycles. The molecule has 0 radical (unpaired) electrons. The number of nitrogens with zero attached hydrogens (tertiary/aromatic N) is 1. The first-order valence-electron chi connectivity index (χ1n) is 6.61. The van der Waals surface area contributed by atoms with Gasteiger partial charge in [-0.25, -0.2) is 0 Å². The van der Waals surface area contributed by atoms with Crippen molar-refractivity contribution in [2.45, 2.75) is 38.0 Å². The molecule has 92 valence electrons. The highest BCUT2D eigenvalue weighted by atomic mass is 16.5. The fourth-order valence-corrected chi connectivity index (χ4v) is 3.60. The zero-order valence-electron chi connectivity index (χ0n) is 10.7. The zero-order chi connectivity index (χ0) is 11.8. The van der Waals surface area contributed by atoms with E-state index in [1.54, 1.807) is 5.56 Å². The van der Waals surface area contributed by atoms with Crippen molar-refractivity contribution in [1.29, 1.82) is 0 Å². The minimum Gasteiger partial charge on any atom is -0.366 e. The fraction of sp³-hybridized carbons (Fsp3) is 0.600. The third-order valence-corrected chi connectivity index (χ3v) is 4.61. The van der Waals surface area contributed by atoms with Gasteiger partial charge in [0.2, 0.25) is 0 Å². The first kappa shape index (κ1) is 11.2. The molecule has 17 heavy (non-hydrogen) atoms. The van der Waals surface area contributed by atoms with Crippen LogP contribution in [-0.2, 0) is 17.6 Å². The van der Waals surface area contributed by atoms with Crippen LogP contribution in [-0.4, -0.2) is 31.3 Å². The zero-order valence-corrected chi connectivity index (χ0v) is 10.7. The van der Waals surface area contributed by atoms with Crippen LogP contribution in [0.25, 0.3) is 0 Å². The SMILES string of the molecule is COC1CCC2Cc3ccccc3CC2N1C. The van der Waals surface area contributed by atoms with Crippen LogP contribution in [0, 0.1) is 5.92 Å². The number of fused-ring (bicyclic) bond motifs is 2. The van der Waals surface area contributed by atoms with E-state index in [4.69, 9.17) is 4.74 Å². The van der Waals surface area contributed by atoms with Gasteiger partial charge in [0.1, 0.15) is 6.23 Å². The van der Waals surface area contributed by atoms with Crippen molar-refractivity contribution in [2.75, 3.05) is 14.2 Å². The number of hydrogen-bond acceptors (Lipinski definition) is 2. The van der Waals surface area contributed by atoms with Crippen LogP contribution in [0.1, 0.15) is 24.0 Å². The third-order valence-electron chi connectivity index (χ3n) is 4.61. The topological polar surface area (TPSA) is 12.5 Å². The largest absolute Gasteiger partial charge is 0.366 e. The van der Waals surface area contributed by atoms with Crippen molar-refractivity contribution in [3.8, 4) is 0 Å². The number of piperidine rings is 1. The van der Waals surface area contributed by atoms with E-state index in [0.29, 0.717) is 12.3 Å². The Morgan fingerprint density at radius 1 is 1.12 bits per heavy atom. The lowest BCUT2D eigenvalue weighted by atomic mass is 9.75. The molecule has 0 bridgehead atoms. The molecule has 1 fully saturated rings. The van der Waals surface area contributed by atoms with Gasteiger partial charge in [-0.15, -0.1) is 0 Å². The van der Waals surface area contributed by atoms with E-state index >= 15 is 0 Å². The molecular formula is C15H21NO. The van der Waals surface area contributed by atoms with Crippen molar-refractivity contribution in [2.24, 2.45) is 5.92 Å². The lowest BCUT2D eigenvalue weighted by Crippen LogP contribution is -2.52. The highest BCUT2D eigenvalue weighted by Crippen LogP contribution is 2.36. The van der Waals surface area contributed by atoms with Gasteiger partial charge in [0.05, 0.1) is 0 Å². The Morgan fingerprint density at radius 2 is 1.82 bits per heavy atom. The van der Waals surface area contributed by atoms with Crippen molar-refractivity contribution < 1.29 is 4.74 Å². The summed E-state index contributed by atoms with van der Waals surface area (Å²) < 4.78 is 5.57. The van der Waals surface area contributed by atoms with Crippen LogP contribution in [0.3, 0.4) is 0 Å². The van der Waals surface area contributed by atoms with E-state index in [1.807, 2.05) is 7.11 Å². The summed E-state index contributed by atoms with van der Waals surface area (Å²) in [4.78, 5) is 2.45. The number of likely N-dealkylation sites (N-methyl/N-ethyl adjacent to an activating group) is 1. The summed E-state index contributed by atoms with van der Waals surface area (Å²) in [5, 5.41) is 0. The molecule has 2 aliphatic rings. The van der Waals surface area contributed by atoms with E-state index in [1.165, 1.54) is 31.2 Å². The quantitative estimate of drug-likeness (QED) is 0.736. The molecule has 2 nitrogen and oxygen atoms in total. The predicted octanol–water partition coefficient (Wildman–Crippen LogP) is 2.47. The molecule has 0 saturated carbocycles. The Hall–Kier alpha value is -0.860. The van der Waals surface area contributed by atoms with Gasteiger partial charge in [0.25, 0.3) is 0 Å². The second-order valence-corrected chi connectivity index (χ2v) is 5.44. The summed E-state index contributed by atoms with van der Waals surface area (Å²) in [5.41, 5.74) is 3.11. The minimum atomic E-state index is 0.321. The Balaban J connectivity index is 1.86. The maximum atomic E-state index is 5.57. The summed E-state index contributed by atoms with van der Waals surface area (Å²) in [6.07, 6.45) is 5.25. The molecule has 1 aromatic rings. The van der Waals surface area contributed by atoms with Crippen molar-refractivity contribution in [3.05, 3.63) is 35.4 Å². The minimum absolute atomic E-state index is 0.321. The van der Waals surface area contributed by atoms with Crippen LogP contribution in [0.15, 0.2) is 24.3 Å². The van der Waals surface area contributed by atoms with Crippen molar-refractivity contribution in [1.82, 2.24) is 4.90 Å². The fourth-order valence-electron chi connectivity index (χ4n) is 3.60. The molecule has 1 heterocycles. The number of hydrogen-bond donors (Lipinski definition) is 0. The van der Waals surface area contributed by atoms with E-state index in [9.17, 15) is 0 Å². The van der Waals surface area contributed by atoms with Gasteiger partial charge in [-0.3, -0.25) is 4.90 Å². The molecule has 1 aliphatic carbocycles. The highest BCUT2D eigenvalue weighted by Gasteiger charge is 2.37. The molecule has 3 rings (SSSR count). The molecule has 0 spiro atoms. The van der Waals surface area contributed by atoms with E-state index < -0.39 is 0 Å². The molecule has 3 unspecified atom stereocenters. The van der Waals surface area contributed by atoms with Gasteiger partial charge in [-0.1, -0.05) is 24.3 Å². The first-order chi connectivity index (χ1) is 8.29. The van der Waals surface area contributed by atoms with E-state index in [-0.39, 0.29) is 0 Å². The standard InChI is InChI=1S/C15H21NO/c1-16-14-10-12-6-4-3-5-11(12)9-13(14)7-8-15(16)17-2/h3-6,13-15H,7-10H2,1-2H3. The van der Waals surface area contributed by atoms with Crippen LogP contribution in [0.2, 0.25) is 0 Å². The Labute approximate surface area is 104 Å². The Morgan fingerprint density at radius 3 is 2.53 bits per heavy atom. The number of likely N-dealkylation sites (tertiary alicyclic amines) is 1. The summed E-state index contributed by atoms with van der Waals surface area (Å²) in [7, 11) is 4.05. The predicted molar refractivity (Wildman–Crippen MR) is 68.9 cm³/mol. The molecule has 3 atom stereocenters. The molecule has 1 aromatic carbocycles. The van der Waals surface area contributed by atoms with Gasteiger partial charge < -0.3 is 4.74 Å². The van der Waals surface area contributed by atoms with Crippen LogP contribution in [0.5, 0.6) is 0 Å². The lowest BCUT2D eigenvalue weighted by Gasteiger charge is -2.46. The molecule has 2 heteroatoms. The number of methoxy groups -OCH3 is 1. The van der Waals surface area contributed by atoms with Gasteiger partial charge in [0, 0.05) is 13.2 Å². The van der Waals surface area contributed by atoms with E-state index in [2.05, 4.69) is 36.2 Å². The third kappa shape index (κ3) is 1.90. The molecule has 0 amide bonds. The maximum absolute atomic E-state index is 5.57. The van der Waals surface area contributed by atoms with Crippen LogP contribution < -0.4 is 0 Å². The van der Waals surface area contributed by atoms with Crippen LogP contribution in [0.4, 0.5) is 0 Å². The average Bonchev–Trinajstić information content (AvgIpc) is 2.37. The number of ether oxygens (including phenoxy) is 1. The summed E-state index contributed by atoms with van der Waals surface area (Å²) in [6.45, 7) is 0. The Kier molecular flexibility index (Phi) is 2.93. The summed E-state index contributed by atoms with van der Waals surface area (Å²) in [5.74, 6) is 0.821.